The van der Waals surface area contributed by atoms with Gasteiger partial charge in [0.15, 0.2) is 6.04 Å². The second-order valence-corrected chi connectivity index (χ2v) is 6.70. The molecule has 6 nitrogen and oxygen atoms in total. The third-order valence-corrected chi connectivity index (χ3v) is 5.26. The van der Waals surface area contributed by atoms with E-state index in [4.69, 9.17) is 5.11 Å². The molecule has 1 unspecified atom stereocenters. The Bertz CT molecular complexity index is 506. The normalized spacial score (nSPS) is 18.9. The van der Waals surface area contributed by atoms with Crippen molar-refractivity contribution in [3.05, 3.63) is 22.4 Å². The lowest BCUT2D eigenvalue weighted by molar-refractivity contribution is -0.139. The standard InChI is InChI=1S/C10H14N2O4S2/c13-10(14)9(8-4-3-7-17-8)11-18(15,16)12-5-1-2-6-12/h3-4,7,9,11H,1-2,5-6H2,(H,13,14). The highest BCUT2D eigenvalue weighted by Crippen LogP contribution is 2.21. The summed E-state index contributed by atoms with van der Waals surface area (Å²) in [6, 6.07) is 2.09. The van der Waals surface area contributed by atoms with E-state index < -0.39 is 22.2 Å². The molecule has 1 aromatic rings. The number of nitrogens with one attached hydrogen (secondary N) is 1. The van der Waals surface area contributed by atoms with E-state index in [0.29, 0.717) is 18.0 Å². The Hall–Kier alpha value is -0.960. The van der Waals surface area contributed by atoms with Gasteiger partial charge in [-0.3, -0.25) is 4.79 Å². The highest BCUT2D eigenvalue weighted by atomic mass is 32.2. The van der Waals surface area contributed by atoms with E-state index in [1.54, 1.807) is 17.5 Å². The van der Waals surface area contributed by atoms with E-state index in [9.17, 15) is 13.2 Å². The molecule has 18 heavy (non-hydrogen) atoms. The smallest absolute Gasteiger partial charge is 0.327 e. The monoisotopic (exact) mass is 290 g/mol. The molecule has 100 valence electrons. The summed E-state index contributed by atoms with van der Waals surface area (Å²) in [7, 11) is -3.72. The molecule has 2 N–H and O–H groups in total. The summed E-state index contributed by atoms with van der Waals surface area (Å²) < 4.78 is 27.5. The first-order valence-corrected chi connectivity index (χ1v) is 7.86. The maximum atomic E-state index is 12.0. The number of rotatable bonds is 5. The Balaban J connectivity index is 2.17. The minimum Gasteiger partial charge on any atom is -0.480 e. The average Bonchev–Trinajstić information content (AvgIpc) is 2.98. The first-order valence-electron chi connectivity index (χ1n) is 5.54. The highest BCUT2D eigenvalue weighted by molar-refractivity contribution is 7.87. The molecule has 0 amide bonds. The summed E-state index contributed by atoms with van der Waals surface area (Å²) in [5.74, 6) is -1.19. The molecule has 2 heterocycles. The van der Waals surface area contributed by atoms with Crippen LogP contribution in [0.5, 0.6) is 0 Å². The van der Waals surface area contributed by atoms with Gasteiger partial charge in [0.2, 0.25) is 0 Å². The summed E-state index contributed by atoms with van der Waals surface area (Å²) in [6.45, 7) is 0.901. The maximum Gasteiger partial charge on any atom is 0.327 e. The summed E-state index contributed by atoms with van der Waals surface area (Å²) in [5, 5.41) is 10.8. The van der Waals surface area contributed by atoms with Crippen molar-refractivity contribution in [2.45, 2.75) is 18.9 Å². The summed E-state index contributed by atoms with van der Waals surface area (Å²) in [6.07, 6.45) is 1.63. The fourth-order valence-corrected chi connectivity index (χ4v) is 4.09. The van der Waals surface area contributed by atoms with Crippen LogP contribution >= 0.6 is 11.3 Å². The van der Waals surface area contributed by atoms with Gasteiger partial charge in [0.25, 0.3) is 10.2 Å². The van der Waals surface area contributed by atoms with Gasteiger partial charge in [-0.15, -0.1) is 11.3 Å². The van der Waals surface area contributed by atoms with Crippen LogP contribution in [-0.4, -0.2) is 36.9 Å². The molecular formula is C10H14N2O4S2. The Morgan fingerprint density at radius 1 is 1.44 bits per heavy atom. The topological polar surface area (TPSA) is 86.7 Å². The van der Waals surface area contributed by atoms with E-state index in [1.807, 2.05) is 0 Å². The average molecular weight is 290 g/mol. The molecule has 0 spiro atoms. The molecule has 1 aliphatic rings. The van der Waals surface area contributed by atoms with Crippen LogP contribution in [0, 0.1) is 0 Å². The molecule has 1 aromatic heterocycles. The third kappa shape index (κ3) is 2.89. The maximum absolute atomic E-state index is 12.0. The van der Waals surface area contributed by atoms with E-state index in [2.05, 4.69) is 4.72 Å². The number of aliphatic carboxylic acids is 1. The minimum atomic E-state index is -3.72. The number of nitrogens with zero attached hydrogens (tertiary/aromatic N) is 1. The Morgan fingerprint density at radius 3 is 2.61 bits per heavy atom. The molecule has 2 rings (SSSR count). The Morgan fingerprint density at radius 2 is 2.11 bits per heavy atom. The van der Waals surface area contributed by atoms with E-state index in [1.165, 1.54) is 15.6 Å². The zero-order chi connectivity index (χ0) is 13.2. The van der Waals surface area contributed by atoms with Crippen LogP contribution in [0.1, 0.15) is 23.8 Å². The lowest BCUT2D eigenvalue weighted by Crippen LogP contribution is -2.42. The fourth-order valence-electron chi connectivity index (χ4n) is 1.84. The minimum absolute atomic E-state index is 0.451. The SMILES string of the molecule is O=C(O)C(NS(=O)(=O)N1CCCC1)c1cccs1. The molecule has 0 saturated carbocycles. The Kier molecular flexibility index (Phi) is 4.00. The van der Waals surface area contributed by atoms with Crippen molar-refractivity contribution in [3.63, 3.8) is 0 Å². The van der Waals surface area contributed by atoms with Gasteiger partial charge < -0.3 is 5.11 Å². The molecule has 8 heteroatoms. The van der Waals surface area contributed by atoms with Crippen molar-refractivity contribution in [2.24, 2.45) is 0 Å². The molecular weight excluding hydrogens is 276 g/mol. The van der Waals surface area contributed by atoms with Crippen molar-refractivity contribution in [1.29, 1.82) is 0 Å². The van der Waals surface area contributed by atoms with Gasteiger partial charge in [-0.25, -0.2) is 0 Å². The third-order valence-electron chi connectivity index (χ3n) is 2.75. The van der Waals surface area contributed by atoms with Gasteiger partial charge >= 0.3 is 5.97 Å². The van der Waals surface area contributed by atoms with E-state index in [0.717, 1.165) is 12.8 Å². The van der Waals surface area contributed by atoms with Crippen molar-refractivity contribution in [3.8, 4) is 0 Å². The number of thiophene rings is 1. The predicted octanol–water partition coefficient (Wildman–Crippen LogP) is 0.804. The number of hydrogen-bond donors (Lipinski definition) is 2. The molecule has 0 bridgehead atoms. The van der Waals surface area contributed by atoms with Crippen LogP contribution < -0.4 is 4.72 Å². The fraction of sp³-hybridized carbons (Fsp3) is 0.500. The summed E-state index contributed by atoms with van der Waals surface area (Å²) in [5.41, 5.74) is 0. The molecule has 1 saturated heterocycles. The Labute approximate surface area is 109 Å². The second kappa shape index (κ2) is 5.35. The quantitative estimate of drug-likeness (QED) is 0.840. The van der Waals surface area contributed by atoms with Gasteiger partial charge in [-0.2, -0.15) is 17.4 Å². The van der Waals surface area contributed by atoms with Crippen LogP contribution in [0.25, 0.3) is 0 Å². The van der Waals surface area contributed by atoms with Crippen LogP contribution in [0.15, 0.2) is 17.5 Å². The molecule has 1 atom stereocenters. The van der Waals surface area contributed by atoms with E-state index >= 15 is 0 Å². The number of carbonyl (C=O) groups is 1. The van der Waals surface area contributed by atoms with Gasteiger partial charge in [-0.1, -0.05) is 6.07 Å². The highest BCUT2D eigenvalue weighted by Gasteiger charge is 2.31. The van der Waals surface area contributed by atoms with Crippen LogP contribution in [-0.2, 0) is 15.0 Å². The van der Waals surface area contributed by atoms with Gasteiger partial charge in [0.1, 0.15) is 0 Å². The first kappa shape index (κ1) is 13.5. The lowest BCUT2D eigenvalue weighted by Gasteiger charge is -2.19. The largest absolute Gasteiger partial charge is 0.480 e. The van der Waals surface area contributed by atoms with Crippen LogP contribution in [0.3, 0.4) is 0 Å². The zero-order valence-electron chi connectivity index (χ0n) is 9.57. The second-order valence-electron chi connectivity index (χ2n) is 4.02. The lowest BCUT2D eigenvalue weighted by atomic mass is 10.3. The number of carboxylic acids is 1. The van der Waals surface area contributed by atoms with Gasteiger partial charge in [0.05, 0.1) is 0 Å². The van der Waals surface area contributed by atoms with Crippen LogP contribution in [0.2, 0.25) is 0 Å². The molecule has 1 fully saturated rings. The molecule has 0 radical (unpaired) electrons. The molecule has 1 aliphatic heterocycles. The van der Waals surface area contributed by atoms with Crippen LogP contribution in [0.4, 0.5) is 0 Å². The summed E-state index contributed by atoms with van der Waals surface area (Å²) in [4.78, 5) is 11.6. The first-order chi connectivity index (χ1) is 8.50. The summed E-state index contributed by atoms with van der Waals surface area (Å²) >= 11 is 1.22. The predicted molar refractivity (Wildman–Crippen MR) is 67.6 cm³/mol. The van der Waals surface area contributed by atoms with Crippen molar-refractivity contribution in [1.82, 2.24) is 9.03 Å². The molecule has 0 aliphatic carbocycles. The number of hydrogen-bond acceptors (Lipinski definition) is 4. The van der Waals surface area contributed by atoms with Gasteiger partial charge in [0, 0.05) is 18.0 Å². The molecule has 0 aromatic carbocycles. The van der Waals surface area contributed by atoms with Crippen molar-refractivity contribution < 1.29 is 18.3 Å². The van der Waals surface area contributed by atoms with Gasteiger partial charge in [-0.05, 0) is 24.3 Å². The van der Waals surface area contributed by atoms with Crippen molar-refractivity contribution >= 4 is 27.5 Å². The number of carboxylic acid groups (broad SMARTS) is 1. The zero-order valence-corrected chi connectivity index (χ0v) is 11.2. The van der Waals surface area contributed by atoms with E-state index in [-0.39, 0.29) is 0 Å². The van der Waals surface area contributed by atoms with Crippen molar-refractivity contribution in [2.75, 3.05) is 13.1 Å².